The van der Waals surface area contributed by atoms with E-state index in [2.05, 4.69) is 4.98 Å². The number of aldehydes is 1. The van der Waals surface area contributed by atoms with Gasteiger partial charge in [0.25, 0.3) is 0 Å². The fourth-order valence-corrected chi connectivity index (χ4v) is 2.58. The van der Waals surface area contributed by atoms with Crippen LogP contribution in [-0.2, 0) is 10.2 Å². The number of imidazole rings is 1. The van der Waals surface area contributed by atoms with Gasteiger partial charge in [-0.3, -0.25) is 4.79 Å². The van der Waals surface area contributed by atoms with Crippen molar-refractivity contribution in [3.8, 4) is 0 Å². The largest absolute Gasteiger partial charge is 0.368 e. The summed E-state index contributed by atoms with van der Waals surface area (Å²) in [5, 5.41) is 0. The molecule has 96 valence electrons. The van der Waals surface area contributed by atoms with Gasteiger partial charge in [-0.15, -0.1) is 0 Å². The first kappa shape index (κ1) is 12.5. The van der Waals surface area contributed by atoms with Crippen molar-refractivity contribution in [2.75, 3.05) is 19.8 Å². The topological polar surface area (TPSA) is 98.3 Å². The van der Waals surface area contributed by atoms with Crippen LogP contribution >= 0.6 is 0 Å². The van der Waals surface area contributed by atoms with Gasteiger partial charge in [0.05, 0.1) is 11.0 Å². The van der Waals surface area contributed by atoms with Gasteiger partial charge in [-0.05, 0) is 18.2 Å². The van der Waals surface area contributed by atoms with Crippen LogP contribution < -0.4 is 5.73 Å². The molecule has 1 heterocycles. The van der Waals surface area contributed by atoms with E-state index in [1.165, 1.54) is 32.3 Å². The zero-order chi connectivity index (χ0) is 13.5. The molecule has 1 aromatic heterocycles. The number of nitrogens with zero attached hydrogens (tertiary/aromatic N) is 3. The Labute approximate surface area is 104 Å². The van der Waals surface area contributed by atoms with E-state index in [9.17, 15) is 13.2 Å². The van der Waals surface area contributed by atoms with Crippen molar-refractivity contribution >= 4 is 33.5 Å². The summed E-state index contributed by atoms with van der Waals surface area (Å²) >= 11 is 0. The number of rotatable bonds is 3. The molecule has 0 unspecified atom stereocenters. The Kier molecular flexibility index (Phi) is 2.83. The van der Waals surface area contributed by atoms with Crippen molar-refractivity contribution in [3.63, 3.8) is 0 Å². The first-order chi connectivity index (χ1) is 8.37. The molecule has 0 bridgehead atoms. The highest BCUT2D eigenvalue weighted by atomic mass is 32.2. The second-order valence-electron chi connectivity index (χ2n) is 3.89. The van der Waals surface area contributed by atoms with E-state index in [0.717, 1.165) is 8.28 Å². The molecule has 0 spiro atoms. The number of aromatic nitrogens is 2. The van der Waals surface area contributed by atoms with E-state index in [-0.39, 0.29) is 5.95 Å². The maximum Gasteiger partial charge on any atom is 0.310 e. The molecule has 2 N–H and O–H groups in total. The number of carbonyl (C=O) groups excluding carboxylic acids is 1. The van der Waals surface area contributed by atoms with Crippen LogP contribution in [0.2, 0.25) is 0 Å². The molecule has 1 aromatic carbocycles. The van der Waals surface area contributed by atoms with Crippen LogP contribution in [0.25, 0.3) is 11.0 Å². The Morgan fingerprint density at radius 3 is 2.61 bits per heavy atom. The fourth-order valence-electron chi connectivity index (χ4n) is 1.57. The summed E-state index contributed by atoms with van der Waals surface area (Å²) < 4.78 is 26.1. The molecule has 0 aliphatic carbocycles. The highest BCUT2D eigenvalue weighted by Crippen LogP contribution is 2.21. The molecule has 18 heavy (non-hydrogen) atoms. The molecule has 0 aliphatic rings. The van der Waals surface area contributed by atoms with Crippen LogP contribution in [0, 0.1) is 0 Å². The monoisotopic (exact) mass is 268 g/mol. The molecule has 0 radical (unpaired) electrons. The van der Waals surface area contributed by atoms with Gasteiger partial charge in [-0.1, -0.05) is 0 Å². The van der Waals surface area contributed by atoms with Crippen molar-refractivity contribution in [1.82, 2.24) is 13.3 Å². The number of hydrogen-bond acceptors (Lipinski definition) is 5. The van der Waals surface area contributed by atoms with Gasteiger partial charge in [0.2, 0.25) is 5.95 Å². The number of nitrogens with two attached hydrogens (primary N) is 1. The molecule has 7 nitrogen and oxygen atoms in total. The molecule has 2 aromatic rings. The van der Waals surface area contributed by atoms with E-state index < -0.39 is 10.2 Å². The molecule has 0 fully saturated rings. The standard InChI is InChI=1S/C10H12N4O3S/c1-13(2)18(16,17)14-9-4-3-7(6-15)5-8(9)12-10(14)11/h3-6H,1-2H3,(H2,11,12). The molecule has 0 saturated carbocycles. The Bertz CT molecular complexity index is 718. The zero-order valence-electron chi connectivity index (χ0n) is 9.86. The van der Waals surface area contributed by atoms with E-state index in [1.807, 2.05) is 0 Å². The van der Waals surface area contributed by atoms with Gasteiger partial charge in [-0.2, -0.15) is 16.7 Å². The Morgan fingerprint density at radius 2 is 2.06 bits per heavy atom. The third kappa shape index (κ3) is 1.75. The summed E-state index contributed by atoms with van der Waals surface area (Å²) in [6, 6.07) is 4.50. The Balaban J connectivity index is 2.81. The minimum atomic E-state index is -3.74. The quantitative estimate of drug-likeness (QED) is 0.795. The van der Waals surface area contributed by atoms with Crippen LogP contribution in [0.3, 0.4) is 0 Å². The van der Waals surface area contributed by atoms with Crippen LogP contribution in [0.5, 0.6) is 0 Å². The van der Waals surface area contributed by atoms with Gasteiger partial charge in [0.15, 0.2) is 0 Å². The summed E-state index contributed by atoms with van der Waals surface area (Å²) in [7, 11) is -0.930. The first-order valence-corrected chi connectivity index (χ1v) is 6.44. The minimum absolute atomic E-state index is 0.137. The van der Waals surface area contributed by atoms with Crippen LogP contribution in [0.1, 0.15) is 10.4 Å². The summed E-state index contributed by atoms with van der Waals surface area (Å²) in [6.45, 7) is 0. The normalized spacial score (nSPS) is 12.2. The number of anilines is 1. The second kappa shape index (κ2) is 4.07. The fraction of sp³-hybridized carbons (Fsp3) is 0.200. The summed E-state index contributed by atoms with van der Waals surface area (Å²) in [4.78, 5) is 14.6. The third-order valence-electron chi connectivity index (χ3n) is 2.49. The molecule has 2 rings (SSSR count). The third-order valence-corrected chi connectivity index (χ3v) is 4.26. The lowest BCUT2D eigenvalue weighted by Crippen LogP contribution is -2.29. The molecule has 0 saturated heterocycles. The van der Waals surface area contributed by atoms with E-state index in [0.29, 0.717) is 22.9 Å². The van der Waals surface area contributed by atoms with E-state index in [4.69, 9.17) is 5.73 Å². The molecule has 0 aliphatic heterocycles. The predicted molar refractivity (Wildman–Crippen MR) is 67.5 cm³/mol. The van der Waals surface area contributed by atoms with Gasteiger partial charge in [0, 0.05) is 19.7 Å². The van der Waals surface area contributed by atoms with Crippen LogP contribution in [0.15, 0.2) is 18.2 Å². The average Bonchev–Trinajstić information content (AvgIpc) is 2.63. The molecule has 8 heteroatoms. The van der Waals surface area contributed by atoms with Gasteiger partial charge >= 0.3 is 10.2 Å². The van der Waals surface area contributed by atoms with Crippen molar-refractivity contribution in [2.24, 2.45) is 0 Å². The smallest absolute Gasteiger partial charge is 0.310 e. The summed E-state index contributed by atoms with van der Waals surface area (Å²) in [5.74, 6) is -0.137. The number of nitrogen functional groups attached to an aromatic ring is 1. The van der Waals surface area contributed by atoms with E-state index in [1.54, 1.807) is 0 Å². The lowest BCUT2D eigenvalue weighted by atomic mass is 10.2. The first-order valence-electron chi connectivity index (χ1n) is 5.04. The summed E-state index contributed by atoms with van der Waals surface area (Å²) in [6.07, 6.45) is 0.662. The van der Waals surface area contributed by atoms with Crippen LogP contribution in [-0.4, -0.2) is 42.1 Å². The molecular weight excluding hydrogens is 256 g/mol. The zero-order valence-corrected chi connectivity index (χ0v) is 10.7. The molecular formula is C10H12N4O3S. The highest BCUT2D eigenvalue weighted by Gasteiger charge is 2.22. The van der Waals surface area contributed by atoms with Gasteiger partial charge in [-0.25, -0.2) is 4.98 Å². The average molecular weight is 268 g/mol. The van der Waals surface area contributed by atoms with Crippen molar-refractivity contribution in [3.05, 3.63) is 23.8 Å². The minimum Gasteiger partial charge on any atom is -0.368 e. The SMILES string of the molecule is CN(C)S(=O)(=O)n1c(N)nc2cc(C=O)ccc21. The van der Waals surface area contributed by atoms with Gasteiger partial charge < -0.3 is 5.73 Å². The van der Waals surface area contributed by atoms with E-state index >= 15 is 0 Å². The maximum absolute atomic E-state index is 12.1. The van der Waals surface area contributed by atoms with Crippen molar-refractivity contribution in [2.45, 2.75) is 0 Å². The van der Waals surface area contributed by atoms with Crippen molar-refractivity contribution in [1.29, 1.82) is 0 Å². The van der Waals surface area contributed by atoms with Crippen LogP contribution in [0.4, 0.5) is 5.95 Å². The number of fused-ring (bicyclic) bond motifs is 1. The number of benzene rings is 1. The predicted octanol–water partition coefficient (Wildman–Crippen LogP) is 0.0855. The Morgan fingerprint density at radius 1 is 1.39 bits per heavy atom. The second-order valence-corrected chi connectivity index (χ2v) is 5.88. The molecule has 0 amide bonds. The maximum atomic E-state index is 12.1. The number of carbonyl (C=O) groups is 1. The Hall–Kier alpha value is -1.93. The summed E-state index contributed by atoms with van der Waals surface area (Å²) in [5.41, 5.74) is 6.74. The lowest BCUT2D eigenvalue weighted by Gasteiger charge is -2.13. The molecule has 0 atom stereocenters. The van der Waals surface area contributed by atoms with Crippen molar-refractivity contribution < 1.29 is 13.2 Å². The highest BCUT2D eigenvalue weighted by molar-refractivity contribution is 7.87. The van der Waals surface area contributed by atoms with Gasteiger partial charge in [0.1, 0.15) is 6.29 Å². The number of hydrogen-bond donors (Lipinski definition) is 1. The lowest BCUT2D eigenvalue weighted by molar-refractivity contribution is 0.112.